The predicted molar refractivity (Wildman–Crippen MR) is 88.7 cm³/mol. The van der Waals surface area contributed by atoms with Gasteiger partial charge in [-0.15, -0.1) is 0 Å². The van der Waals surface area contributed by atoms with Gasteiger partial charge in [0, 0.05) is 17.3 Å². The lowest BCUT2D eigenvalue weighted by Crippen LogP contribution is -2.34. The number of nitrogens with one attached hydrogen (secondary N) is 2. The Hall–Kier alpha value is -2.36. The highest BCUT2D eigenvalue weighted by atomic mass is 19.1. The number of carbonyl (C=O) groups excluding carboxylic acids is 1. The van der Waals surface area contributed by atoms with Gasteiger partial charge in [0.15, 0.2) is 0 Å². The Morgan fingerprint density at radius 3 is 2.55 bits per heavy atom. The van der Waals surface area contributed by atoms with E-state index in [2.05, 4.69) is 10.6 Å². The molecule has 0 spiro atoms. The van der Waals surface area contributed by atoms with Gasteiger partial charge in [-0.05, 0) is 38.0 Å². The Bertz CT molecular complexity index is 668. The molecule has 0 aliphatic heterocycles. The predicted octanol–water partition coefficient (Wildman–Crippen LogP) is 4.66. The summed E-state index contributed by atoms with van der Waals surface area (Å²) in [5, 5.41) is 5.47. The zero-order valence-electron chi connectivity index (χ0n) is 13.1. The van der Waals surface area contributed by atoms with Crippen molar-refractivity contribution in [1.29, 1.82) is 0 Å². The summed E-state index contributed by atoms with van der Waals surface area (Å²) in [5.74, 6) is 0. The molecule has 0 saturated heterocycles. The topological polar surface area (TPSA) is 41.1 Å². The van der Waals surface area contributed by atoms with Crippen LogP contribution in [0, 0.1) is 6.92 Å². The molecule has 0 atom stereocenters. The van der Waals surface area contributed by atoms with Crippen molar-refractivity contribution in [2.75, 3.05) is 5.32 Å². The largest absolute Gasteiger partial charge is 0.336 e. The van der Waals surface area contributed by atoms with E-state index in [1.54, 1.807) is 6.07 Å². The molecular weight excluding hydrogens is 279 g/mol. The Labute approximate surface area is 130 Å². The number of halogens is 1. The Morgan fingerprint density at radius 1 is 1.18 bits per heavy atom. The number of amides is 2. The molecule has 2 aromatic carbocycles. The maximum Gasteiger partial charge on any atom is 0.319 e. The lowest BCUT2D eigenvalue weighted by Gasteiger charge is -2.15. The Balaban J connectivity index is 2.37. The lowest BCUT2D eigenvalue weighted by molar-refractivity contribution is 0.250. The fourth-order valence-electron chi connectivity index (χ4n) is 2.35. The molecule has 4 heteroatoms. The van der Waals surface area contributed by atoms with Crippen LogP contribution in [0.4, 0.5) is 14.9 Å². The van der Waals surface area contributed by atoms with Gasteiger partial charge in [-0.3, -0.25) is 0 Å². The average Bonchev–Trinajstić information content (AvgIpc) is 2.46. The van der Waals surface area contributed by atoms with Gasteiger partial charge >= 0.3 is 6.03 Å². The SMILES string of the molecule is Cc1cccc(-c2cccc(NC(=O)NC(C)C)c2CF)c1. The second-order valence-corrected chi connectivity index (χ2v) is 5.59. The van der Waals surface area contributed by atoms with Crippen molar-refractivity contribution in [3.8, 4) is 11.1 Å². The molecule has 116 valence electrons. The molecule has 3 nitrogen and oxygen atoms in total. The van der Waals surface area contributed by atoms with E-state index in [1.165, 1.54) is 0 Å². The molecule has 2 rings (SSSR count). The highest BCUT2D eigenvalue weighted by Gasteiger charge is 2.12. The van der Waals surface area contributed by atoms with Crippen molar-refractivity contribution in [2.45, 2.75) is 33.5 Å². The first kappa shape index (κ1) is 16.0. The molecule has 0 bridgehead atoms. The molecule has 0 aromatic heterocycles. The van der Waals surface area contributed by atoms with E-state index >= 15 is 0 Å². The molecule has 0 saturated carbocycles. The van der Waals surface area contributed by atoms with Crippen LogP contribution in [-0.4, -0.2) is 12.1 Å². The van der Waals surface area contributed by atoms with Gasteiger partial charge in [-0.2, -0.15) is 0 Å². The van der Waals surface area contributed by atoms with E-state index < -0.39 is 6.67 Å². The number of hydrogen-bond acceptors (Lipinski definition) is 1. The van der Waals surface area contributed by atoms with Crippen LogP contribution in [0.3, 0.4) is 0 Å². The molecule has 2 amide bonds. The van der Waals surface area contributed by atoms with Crippen LogP contribution in [0.5, 0.6) is 0 Å². The molecule has 0 unspecified atom stereocenters. The monoisotopic (exact) mass is 300 g/mol. The first-order chi connectivity index (χ1) is 10.5. The first-order valence-electron chi connectivity index (χ1n) is 7.33. The molecule has 22 heavy (non-hydrogen) atoms. The molecule has 2 aromatic rings. The molecule has 0 radical (unpaired) electrons. The van der Waals surface area contributed by atoms with E-state index in [0.717, 1.165) is 16.7 Å². The summed E-state index contributed by atoms with van der Waals surface area (Å²) >= 11 is 0. The van der Waals surface area contributed by atoms with Crippen molar-refractivity contribution in [3.63, 3.8) is 0 Å². The van der Waals surface area contributed by atoms with Crippen LogP contribution in [0.15, 0.2) is 42.5 Å². The van der Waals surface area contributed by atoms with Gasteiger partial charge in [0.25, 0.3) is 0 Å². The fraction of sp³-hybridized carbons (Fsp3) is 0.278. The van der Waals surface area contributed by atoms with Crippen molar-refractivity contribution in [2.24, 2.45) is 0 Å². The third-order valence-corrected chi connectivity index (χ3v) is 3.31. The van der Waals surface area contributed by atoms with Crippen LogP contribution in [0.25, 0.3) is 11.1 Å². The fourth-order valence-corrected chi connectivity index (χ4v) is 2.35. The van der Waals surface area contributed by atoms with Gasteiger partial charge in [0.2, 0.25) is 0 Å². The molecule has 2 N–H and O–H groups in total. The number of rotatable bonds is 4. The summed E-state index contributed by atoms with van der Waals surface area (Å²) < 4.78 is 13.6. The van der Waals surface area contributed by atoms with Gasteiger partial charge < -0.3 is 10.6 Å². The number of benzene rings is 2. The van der Waals surface area contributed by atoms with Crippen molar-refractivity contribution in [1.82, 2.24) is 5.32 Å². The van der Waals surface area contributed by atoms with Gasteiger partial charge in [-0.1, -0.05) is 42.0 Å². The summed E-state index contributed by atoms with van der Waals surface area (Å²) in [5.41, 5.74) is 3.85. The van der Waals surface area contributed by atoms with Crippen LogP contribution >= 0.6 is 0 Å². The average molecular weight is 300 g/mol. The highest BCUT2D eigenvalue weighted by Crippen LogP contribution is 2.30. The van der Waals surface area contributed by atoms with Crippen LogP contribution < -0.4 is 10.6 Å². The molecule has 0 aliphatic carbocycles. The number of anilines is 1. The standard InChI is InChI=1S/C18H21FN2O/c1-12(2)20-18(22)21-17-9-5-8-15(16(17)11-19)14-7-4-6-13(3)10-14/h4-10,12H,11H2,1-3H3,(H2,20,21,22). The van der Waals surface area contributed by atoms with E-state index in [0.29, 0.717) is 11.3 Å². The van der Waals surface area contributed by atoms with Crippen LogP contribution in [-0.2, 0) is 6.67 Å². The second kappa shape index (κ2) is 7.07. The highest BCUT2D eigenvalue weighted by molar-refractivity contribution is 5.91. The number of alkyl halides is 1. The summed E-state index contributed by atoms with van der Waals surface area (Å²) in [4.78, 5) is 11.8. The van der Waals surface area contributed by atoms with Crippen LogP contribution in [0.1, 0.15) is 25.0 Å². The summed E-state index contributed by atoms with van der Waals surface area (Å²) in [6, 6.07) is 13.0. The van der Waals surface area contributed by atoms with Gasteiger partial charge in [0.1, 0.15) is 6.67 Å². The maximum atomic E-state index is 13.6. The number of aryl methyl sites for hydroxylation is 1. The third-order valence-electron chi connectivity index (χ3n) is 3.31. The number of carbonyl (C=O) groups is 1. The Morgan fingerprint density at radius 2 is 1.91 bits per heavy atom. The quantitative estimate of drug-likeness (QED) is 0.847. The zero-order chi connectivity index (χ0) is 16.1. The first-order valence-corrected chi connectivity index (χ1v) is 7.33. The normalized spacial score (nSPS) is 10.6. The number of urea groups is 1. The van der Waals surface area contributed by atoms with Crippen LogP contribution in [0.2, 0.25) is 0 Å². The van der Waals surface area contributed by atoms with E-state index in [9.17, 15) is 9.18 Å². The van der Waals surface area contributed by atoms with Gasteiger partial charge in [0.05, 0.1) is 0 Å². The lowest BCUT2D eigenvalue weighted by atomic mass is 9.97. The van der Waals surface area contributed by atoms with E-state index in [-0.39, 0.29) is 12.1 Å². The van der Waals surface area contributed by atoms with Crippen molar-refractivity contribution < 1.29 is 9.18 Å². The van der Waals surface area contributed by atoms with E-state index in [1.807, 2.05) is 57.2 Å². The van der Waals surface area contributed by atoms with Crippen molar-refractivity contribution >= 4 is 11.7 Å². The Kier molecular flexibility index (Phi) is 5.15. The summed E-state index contributed by atoms with van der Waals surface area (Å²) in [7, 11) is 0. The third kappa shape index (κ3) is 3.85. The minimum atomic E-state index is -0.637. The minimum absolute atomic E-state index is 0.0220. The van der Waals surface area contributed by atoms with Gasteiger partial charge in [-0.25, -0.2) is 9.18 Å². The number of hydrogen-bond donors (Lipinski definition) is 2. The van der Waals surface area contributed by atoms with E-state index in [4.69, 9.17) is 0 Å². The summed E-state index contributed by atoms with van der Waals surface area (Å²) in [6.07, 6.45) is 0. The second-order valence-electron chi connectivity index (χ2n) is 5.59. The summed E-state index contributed by atoms with van der Waals surface area (Å²) in [6.45, 7) is 5.11. The molecule has 0 fully saturated rings. The molecular formula is C18H21FN2O. The molecule has 0 heterocycles. The maximum absolute atomic E-state index is 13.6. The smallest absolute Gasteiger partial charge is 0.319 e. The zero-order valence-corrected chi connectivity index (χ0v) is 13.1. The molecule has 0 aliphatic rings. The van der Waals surface area contributed by atoms with Crippen molar-refractivity contribution in [3.05, 3.63) is 53.6 Å². The minimum Gasteiger partial charge on any atom is -0.336 e.